The van der Waals surface area contributed by atoms with Crippen LogP contribution in [0.4, 0.5) is 11.4 Å². The molecule has 0 atom stereocenters. The molecule has 8 nitrogen and oxygen atoms in total. The van der Waals surface area contributed by atoms with Gasteiger partial charge in [0.2, 0.25) is 0 Å². The Kier molecular flexibility index (Phi) is 14.5. The molecule has 0 amide bonds. The lowest BCUT2D eigenvalue weighted by atomic mass is 9.99. The van der Waals surface area contributed by atoms with E-state index in [2.05, 4.69) is 255 Å². The second-order valence-corrected chi connectivity index (χ2v) is 24.4. The highest BCUT2D eigenvalue weighted by molar-refractivity contribution is 6.14. The summed E-state index contributed by atoms with van der Waals surface area (Å²) < 4.78 is 4.70. The van der Waals surface area contributed by atoms with Gasteiger partial charge < -0.3 is 9.13 Å². The predicted octanol–water partition coefficient (Wildman–Crippen LogP) is 23.7. The van der Waals surface area contributed by atoms with Crippen LogP contribution in [-0.2, 0) is 0 Å². The van der Waals surface area contributed by atoms with Crippen LogP contribution in [0.2, 0.25) is 0 Å². The molecule has 8 heteroatoms. The van der Waals surface area contributed by atoms with Gasteiger partial charge >= 0.3 is 0 Å². The first-order valence-corrected chi connectivity index (χ1v) is 32.4. The van der Waals surface area contributed by atoms with Crippen LogP contribution < -0.4 is 0 Å². The molecule has 3 heterocycles. The van der Waals surface area contributed by atoms with Crippen molar-refractivity contribution in [3.05, 3.63) is 356 Å². The van der Waals surface area contributed by atoms with Crippen molar-refractivity contribution in [3.63, 3.8) is 0 Å². The van der Waals surface area contributed by atoms with Crippen molar-refractivity contribution in [2.45, 2.75) is 0 Å². The molecule has 14 aromatic carbocycles. The fourth-order valence-corrected chi connectivity index (χ4v) is 13.8. The number of nitrogens with zero attached hydrogens (tertiary/aromatic N) is 8. The molecule has 3 aromatic heterocycles. The molecule has 0 fully saturated rings. The van der Waals surface area contributed by atoms with Crippen LogP contribution in [0.1, 0.15) is 5.56 Å². The lowest BCUT2D eigenvalue weighted by Crippen LogP contribution is -2.06. The first-order valence-electron chi connectivity index (χ1n) is 32.4. The Morgan fingerprint density at radius 3 is 0.908 bits per heavy atom. The van der Waals surface area contributed by atoms with Gasteiger partial charge in [0.1, 0.15) is 0 Å². The van der Waals surface area contributed by atoms with Gasteiger partial charge in [0.15, 0.2) is 28.8 Å². The van der Waals surface area contributed by atoms with E-state index in [0.29, 0.717) is 34.4 Å². The third-order valence-electron chi connectivity index (χ3n) is 18.6. The standard InChI is InChI=1S/C90H54N8/c1-92-74-30-16-27-65(49-74)71-36-42-76(86(55-71)97-82-44-38-67(59-18-7-3-8-19-59)51-78(82)79-52-68(39-45-83(79)97)60-20-9-4-10-21-60)89-94-88(73-29-15-26-64(48-73)63-34-32-58(57-91)33-35-63)95-90(96-89)77-43-37-72(66-28-17-31-75(50-66)93-2)56-87(77)98-84-46-40-69(61-22-11-5-12-23-61)53-80(84)81-54-70(41-47-85(81)98)62-24-13-6-14-25-62/h3-56H. The van der Waals surface area contributed by atoms with Crippen LogP contribution in [0.5, 0.6) is 0 Å². The second-order valence-electron chi connectivity index (χ2n) is 24.4. The van der Waals surface area contributed by atoms with E-state index in [0.717, 1.165) is 150 Å². The maximum Gasteiger partial charge on any atom is 0.187 e. The quantitative estimate of drug-likeness (QED) is 0.114. The molecule has 0 saturated heterocycles. The number of benzene rings is 14. The summed E-state index contributed by atoms with van der Waals surface area (Å²) in [5.74, 6) is 1.32. The van der Waals surface area contributed by atoms with Crippen LogP contribution in [0.25, 0.3) is 177 Å². The van der Waals surface area contributed by atoms with Crippen LogP contribution in [0.15, 0.2) is 328 Å². The zero-order chi connectivity index (χ0) is 65.6. The zero-order valence-electron chi connectivity index (χ0n) is 52.8. The molecule has 0 bridgehead atoms. The third-order valence-corrected chi connectivity index (χ3v) is 18.6. The topological polar surface area (TPSA) is 81.0 Å². The fraction of sp³-hybridized carbons (Fsp3) is 0. The van der Waals surface area contributed by atoms with Crippen LogP contribution >= 0.6 is 0 Å². The van der Waals surface area contributed by atoms with Crippen molar-refractivity contribution in [2.75, 3.05) is 0 Å². The minimum absolute atomic E-state index is 0.434. The fourth-order valence-electron chi connectivity index (χ4n) is 13.8. The summed E-state index contributed by atoms with van der Waals surface area (Å²) in [7, 11) is 0. The van der Waals surface area contributed by atoms with Gasteiger partial charge in [0.05, 0.1) is 58.2 Å². The van der Waals surface area contributed by atoms with Gasteiger partial charge in [-0.15, -0.1) is 0 Å². The molecule has 0 spiro atoms. The first-order chi connectivity index (χ1) is 48.4. The summed E-state index contributed by atoms with van der Waals surface area (Å²) in [6, 6.07) is 116. The number of hydrogen-bond donors (Lipinski definition) is 0. The summed E-state index contributed by atoms with van der Waals surface area (Å²) >= 11 is 0. The molecule has 17 rings (SSSR count). The second kappa shape index (κ2) is 24.6. The molecule has 98 heavy (non-hydrogen) atoms. The number of nitriles is 1. The van der Waals surface area contributed by atoms with E-state index in [9.17, 15) is 5.26 Å². The number of hydrogen-bond acceptors (Lipinski definition) is 4. The normalized spacial score (nSPS) is 11.2. The Hall–Kier alpha value is -13.8. The average molecular weight is 1250 g/mol. The number of aromatic nitrogens is 5. The summed E-state index contributed by atoms with van der Waals surface area (Å²) in [6.07, 6.45) is 0. The van der Waals surface area contributed by atoms with Crippen molar-refractivity contribution < 1.29 is 0 Å². The molecular weight excluding hydrogens is 1190 g/mol. The predicted molar refractivity (Wildman–Crippen MR) is 400 cm³/mol. The van der Waals surface area contributed by atoms with Gasteiger partial charge in [0.25, 0.3) is 0 Å². The van der Waals surface area contributed by atoms with Crippen LogP contribution in [-0.4, -0.2) is 24.1 Å². The highest BCUT2D eigenvalue weighted by atomic mass is 15.1. The molecule has 0 radical (unpaired) electrons. The van der Waals surface area contributed by atoms with Gasteiger partial charge in [-0.1, -0.05) is 224 Å². The molecule has 0 N–H and O–H groups in total. The number of fused-ring (bicyclic) bond motifs is 6. The first kappa shape index (κ1) is 58.0. The van der Waals surface area contributed by atoms with Gasteiger partial charge in [-0.05, 0) is 181 Å². The summed E-state index contributed by atoms with van der Waals surface area (Å²) in [5, 5.41) is 14.1. The Balaban J connectivity index is 0.962. The maximum absolute atomic E-state index is 9.81. The molecule has 454 valence electrons. The Morgan fingerprint density at radius 2 is 0.541 bits per heavy atom. The van der Waals surface area contributed by atoms with E-state index in [-0.39, 0.29) is 0 Å². The maximum atomic E-state index is 9.81. The lowest BCUT2D eigenvalue weighted by Gasteiger charge is -2.18. The third kappa shape index (κ3) is 10.6. The highest BCUT2D eigenvalue weighted by Gasteiger charge is 2.25. The van der Waals surface area contributed by atoms with Gasteiger partial charge in [-0.25, -0.2) is 24.6 Å². The molecule has 0 unspecified atom stereocenters. The molecule has 0 saturated carbocycles. The van der Waals surface area contributed by atoms with E-state index in [1.165, 1.54) is 0 Å². The average Bonchev–Trinajstić information content (AvgIpc) is 1.56. The number of rotatable bonds is 12. The smallest absolute Gasteiger partial charge is 0.187 e. The monoisotopic (exact) mass is 1250 g/mol. The van der Waals surface area contributed by atoms with Gasteiger partial charge in [-0.3, -0.25) is 0 Å². The van der Waals surface area contributed by atoms with Crippen LogP contribution in [0.3, 0.4) is 0 Å². The van der Waals surface area contributed by atoms with Gasteiger partial charge in [0, 0.05) is 38.2 Å². The molecule has 0 aliphatic carbocycles. The summed E-state index contributed by atoms with van der Waals surface area (Å²) in [4.78, 5) is 24.8. The Labute approximate surface area is 566 Å². The van der Waals surface area contributed by atoms with Crippen LogP contribution in [0, 0.1) is 24.5 Å². The van der Waals surface area contributed by atoms with E-state index in [1.54, 1.807) is 0 Å². The zero-order valence-corrected chi connectivity index (χ0v) is 52.8. The van der Waals surface area contributed by atoms with Crippen molar-refractivity contribution in [1.29, 1.82) is 5.26 Å². The Bertz CT molecular complexity index is 5610. The summed E-state index contributed by atoms with van der Waals surface area (Å²) in [5.41, 5.74) is 23.8. The summed E-state index contributed by atoms with van der Waals surface area (Å²) in [6.45, 7) is 16.1. The molecule has 17 aromatic rings. The Morgan fingerprint density at radius 1 is 0.255 bits per heavy atom. The minimum Gasteiger partial charge on any atom is -0.308 e. The lowest BCUT2D eigenvalue weighted by molar-refractivity contribution is 1.06. The van der Waals surface area contributed by atoms with E-state index in [1.807, 2.05) is 97.1 Å². The molecular formula is C90H54N8. The van der Waals surface area contributed by atoms with E-state index >= 15 is 0 Å². The molecule has 0 aliphatic rings. The highest BCUT2D eigenvalue weighted by Crippen LogP contribution is 2.45. The molecule has 0 aliphatic heterocycles. The SMILES string of the molecule is [C-]#[N+]c1cccc(-c2ccc(-c3nc(-c4cccc(-c5ccc(C#N)cc5)c4)nc(-c4ccc(-c5cccc([N+]#[C-])c5)cc4-n4c5ccc(-c6ccccc6)cc5c5cc(-c6ccccc6)ccc54)n3)c(-n3c4ccc(-c5ccccc5)cc4c4cc(-c5ccccc5)ccc43)c2)c1. The largest absolute Gasteiger partial charge is 0.308 e. The van der Waals surface area contributed by atoms with Crippen molar-refractivity contribution in [2.24, 2.45) is 0 Å². The van der Waals surface area contributed by atoms with Crippen molar-refractivity contribution in [1.82, 2.24) is 24.1 Å². The minimum atomic E-state index is 0.434. The van der Waals surface area contributed by atoms with Crippen molar-refractivity contribution >= 4 is 55.0 Å². The van der Waals surface area contributed by atoms with Crippen molar-refractivity contribution in [3.8, 4) is 129 Å². The van der Waals surface area contributed by atoms with E-state index < -0.39 is 0 Å². The van der Waals surface area contributed by atoms with Gasteiger partial charge in [-0.2, -0.15) is 5.26 Å². The van der Waals surface area contributed by atoms with E-state index in [4.69, 9.17) is 28.1 Å².